The summed E-state index contributed by atoms with van der Waals surface area (Å²) in [6.45, 7) is 1.48. The smallest absolute Gasteiger partial charge is 0.338 e. The molecule has 1 amide bonds. The fraction of sp³-hybridized carbons (Fsp3) is 0.222. The number of carbonyl (C=O) groups is 2. The van der Waals surface area contributed by atoms with Crippen LogP contribution in [0, 0.1) is 0 Å². The van der Waals surface area contributed by atoms with Gasteiger partial charge in [-0.25, -0.2) is 4.79 Å². The molecule has 2 aromatic carbocycles. The van der Waals surface area contributed by atoms with Crippen molar-refractivity contribution in [2.45, 2.75) is 13.0 Å². The van der Waals surface area contributed by atoms with Gasteiger partial charge in [0.2, 0.25) is 0 Å². The Hall–Kier alpha value is -3.22. The van der Waals surface area contributed by atoms with Crippen molar-refractivity contribution in [3.8, 4) is 11.5 Å². The number of anilines is 2. The molecule has 0 spiro atoms. The van der Waals surface area contributed by atoms with Crippen molar-refractivity contribution in [3.05, 3.63) is 48.0 Å². The van der Waals surface area contributed by atoms with Crippen LogP contribution in [-0.2, 0) is 9.53 Å². The predicted molar refractivity (Wildman–Crippen MR) is 93.9 cm³/mol. The van der Waals surface area contributed by atoms with Crippen LogP contribution in [0.2, 0.25) is 0 Å². The summed E-state index contributed by atoms with van der Waals surface area (Å²) in [5, 5.41) is 2.66. The lowest BCUT2D eigenvalue weighted by atomic mass is 10.2. The molecule has 25 heavy (non-hydrogen) atoms. The molecule has 0 aliphatic carbocycles. The Labute approximate surface area is 145 Å². The summed E-state index contributed by atoms with van der Waals surface area (Å²) in [5.41, 5.74) is 6.77. The fourth-order valence-electron chi connectivity index (χ4n) is 2.09. The van der Waals surface area contributed by atoms with Gasteiger partial charge in [-0.15, -0.1) is 0 Å². The van der Waals surface area contributed by atoms with Crippen molar-refractivity contribution in [1.82, 2.24) is 0 Å². The maximum atomic E-state index is 12.3. The van der Waals surface area contributed by atoms with Gasteiger partial charge in [-0.2, -0.15) is 0 Å². The molecule has 2 rings (SSSR count). The second-order valence-electron chi connectivity index (χ2n) is 5.23. The van der Waals surface area contributed by atoms with Gasteiger partial charge in [-0.3, -0.25) is 4.79 Å². The SMILES string of the molecule is COc1ccc(OC)c(NC(=O)C(C)OC(=O)c2cccc(N)c2)c1. The standard InChI is InChI=1S/C18H20N2O5/c1-11(25-18(22)12-5-4-6-13(19)9-12)17(21)20-15-10-14(23-2)7-8-16(15)24-3/h4-11H,19H2,1-3H3,(H,20,21). The van der Waals surface area contributed by atoms with E-state index < -0.39 is 18.0 Å². The van der Waals surface area contributed by atoms with E-state index in [4.69, 9.17) is 19.9 Å². The third-order valence-corrected chi connectivity index (χ3v) is 3.44. The molecule has 0 aliphatic rings. The highest BCUT2D eigenvalue weighted by Crippen LogP contribution is 2.29. The molecule has 2 aromatic rings. The van der Waals surface area contributed by atoms with Crippen molar-refractivity contribution in [3.63, 3.8) is 0 Å². The maximum Gasteiger partial charge on any atom is 0.338 e. The van der Waals surface area contributed by atoms with E-state index in [-0.39, 0.29) is 5.56 Å². The molecule has 7 nitrogen and oxygen atoms in total. The van der Waals surface area contributed by atoms with E-state index in [0.29, 0.717) is 22.9 Å². The summed E-state index contributed by atoms with van der Waals surface area (Å²) < 4.78 is 15.5. The largest absolute Gasteiger partial charge is 0.497 e. The Bertz CT molecular complexity index is 776. The first-order valence-corrected chi connectivity index (χ1v) is 7.54. The minimum atomic E-state index is -1.01. The Morgan fingerprint density at radius 3 is 2.48 bits per heavy atom. The number of esters is 1. The topological polar surface area (TPSA) is 99.9 Å². The molecule has 0 bridgehead atoms. The van der Waals surface area contributed by atoms with Crippen LogP contribution in [0.25, 0.3) is 0 Å². The van der Waals surface area contributed by atoms with Crippen LogP contribution in [0.15, 0.2) is 42.5 Å². The predicted octanol–water partition coefficient (Wildman–Crippen LogP) is 2.47. The molecule has 0 aliphatic heterocycles. The van der Waals surface area contributed by atoms with Crippen molar-refractivity contribution in [1.29, 1.82) is 0 Å². The molecule has 132 valence electrons. The average molecular weight is 344 g/mol. The minimum absolute atomic E-state index is 0.276. The second kappa shape index (κ2) is 8.05. The molecule has 0 heterocycles. The van der Waals surface area contributed by atoms with E-state index >= 15 is 0 Å². The molecular weight excluding hydrogens is 324 g/mol. The number of rotatable bonds is 6. The van der Waals surface area contributed by atoms with Gasteiger partial charge in [-0.05, 0) is 37.3 Å². The zero-order valence-electron chi connectivity index (χ0n) is 14.2. The number of nitrogens with two attached hydrogens (primary N) is 1. The maximum absolute atomic E-state index is 12.3. The van der Waals surface area contributed by atoms with E-state index in [1.807, 2.05) is 0 Å². The number of hydrogen-bond donors (Lipinski definition) is 2. The first-order chi connectivity index (χ1) is 11.9. The molecule has 0 saturated carbocycles. The van der Waals surface area contributed by atoms with E-state index in [9.17, 15) is 9.59 Å². The second-order valence-corrected chi connectivity index (χ2v) is 5.23. The number of hydrogen-bond acceptors (Lipinski definition) is 6. The number of methoxy groups -OCH3 is 2. The summed E-state index contributed by atoms with van der Waals surface area (Å²) in [6, 6.07) is 11.3. The van der Waals surface area contributed by atoms with Gasteiger partial charge in [0.15, 0.2) is 6.10 Å². The Kier molecular flexibility index (Phi) is 5.84. The Morgan fingerprint density at radius 1 is 1.08 bits per heavy atom. The van der Waals surface area contributed by atoms with Crippen molar-refractivity contribution in [2.24, 2.45) is 0 Å². The first-order valence-electron chi connectivity index (χ1n) is 7.54. The lowest BCUT2D eigenvalue weighted by Gasteiger charge is -2.16. The zero-order valence-corrected chi connectivity index (χ0v) is 14.2. The van der Waals surface area contributed by atoms with Crippen LogP contribution < -0.4 is 20.5 Å². The number of ether oxygens (including phenoxy) is 3. The van der Waals surface area contributed by atoms with E-state index in [1.54, 1.807) is 36.4 Å². The molecule has 0 aromatic heterocycles. The van der Waals surface area contributed by atoms with Crippen LogP contribution >= 0.6 is 0 Å². The highest BCUT2D eigenvalue weighted by molar-refractivity contribution is 5.98. The van der Waals surface area contributed by atoms with Crippen molar-refractivity contribution < 1.29 is 23.8 Å². The van der Waals surface area contributed by atoms with Crippen LogP contribution in [-0.4, -0.2) is 32.2 Å². The van der Waals surface area contributed by atoms with Crippen molar-refractivity contribution in [2.75, 3.05) is 25.3 Å². The normalized spacial score (nSPS) is 11.3. The van der Waals surface area contributed by atoms with Gasteiger partial charge in [0.05, 0.1) is 25.5 Å². The molecule has 3 N–H and O–H groups in total. The van der Waals surface area contributed by atoms with Gasteiger partial charge < -0.3 is 25.3 Å². The van der Waals surface area contributed by atoms with Gasteiger partial charge in [-0.1, -0.05) is 6.07 Å². The van der Waals surface area contributed by atoms with E-state index in [1.165, 1.54) is 27.2 Å². The summed E-state index contributed by atoms with van der Waals surface area (Å²) in [7, 11) is 3.00. The van der Waals surface area contributed by atoms with E-state index in [0.717, 1.165) is 0 Å². The average Bonchev–Trinajstić information content (AvgIpc) is 2.61. The summed E-state index contributed by atoms with van der Waals surface area (Å²) >= 11 is 0. The highest BCUT2D eigenvalue weighted by atomic mass is 16.5. The minimum Gasteiger partial charge on any atom is -0.497 e. The first kappa shape index (κ1) is 18.1. The van der Waals surface area contributed by atoms with Gasteiger partial charge >= 0.3 is 5.97 Å². The van der Waals surface area contributed by atoms with E-state index in [2.05, 4.69) is 5.32 Å². The number of amides is 1. The molecule has 0 saturated heterocycles. The lowest BCUT2D eigenvalue weighted by molar-refractivity contribution is -0.123. The third kappa shape index (κ3) is 4.63. The quantitative estimate of drug-likeness (QED) is 0.617. The molecule has 1 unspecified atom stereocenters. The molecule has 0 radical (unpaired) electrons. The number of carbonyl (C=O) groups excluding carboxylic acids is 2. The van der Waals surface area contributed by atoms with Crippen LogP contribution in [0.5, 0.6) is 11.5 Å². The van der Waals surface area contributed by atoms with Crippen molar-refractivity contribution >= 4 is 23.3 Å². The van der Waals surface area contributed by atoms with Crippen LogP contribution in [0.1, 0.15) is 17.3 Å². The monoisotopic (exact) mass is 344 g/mol. The third-order valence-electron chi connectivity index (χ3n) is 3.44. The number of nitrogens with one attached hydrogen (secondary N) is 1. The molecular formula is C18H20N2O5. The number of nitrogen functional groups attached to an aromatic ring is 1. The molecule has 1 atom stereocenters. The van der Waals surface area contributed by atoms with Gasteiger partial charge in [0, 0.05) is 11.8 Å². The summed E-state index contributed by atoms with van der Waals surface area (Å²) in [4.78, 5) is 24.4. The van der Waals surface area contributed by atoms with Crippen LogP contribution in [0.4, 0.5) is 11.4 Å². The molecule has 0 fully saturated rings. The summed E-state index contributed by atoms with van der Waals surface area (Å²) in [6.07, 6.45) is -1.01. The molecule has 7 heteroatoms. The zero-order chi connectivity index (χ0) is 18.4. The Morgan fingerprint density at radius 2 is 1.84 bits per heavy atom. The van der Waals surface area contributed by atoms with Crippen LogP contribution in [0.3, 0.4) is 0 Å². The Balaban J connectivity index is 2.06. The lowest BCUT2D eigenvalue weighted by Crippen LogP contribution is -2.30. The van der Waals surface area contributed by atoms with Gasteiger partial charge in [0.1, 0.15) is 11.5 Å². The number of benzene rings is 2. The van der Waals surface area contributed by atoms with Gasteiger partial charge in [0.25, 0.3) is 5.91 Å². The fourth-order valence-corrected chi connectivity index (χ4v) is 2.09. The highest BCUT2D eigenvalue weighted by Gasteiger charge is 2.20. The summed E-state index contributed by atoms with van der Waals surface area (Å²) in [5.74, 6) is -0.111.